The second-order valence-corrected chi connectivity index (χ2v) is 7.50. The average molecular weight is 377 g/mol. The van der Waals surface area contributed by atoms with Crippen molar-refractivity contribution in [3.05, 3.63) is 32.7 Å². The fraction of sp³-hybridized carbons (Fsp3) is 0.471. The fourth-order valence-corrected chi connectivity index (χ4v) is 3.97. The van der Waals surface area contributed by atoms with E-state index in [1.54, 1.807) is 11.6 Å². The summed E-state index contributed by atoms with van der Waals surface area (Å²) in [6.07, 6.45) is 1.75. The number of hydrogen-bond acceptors (Lipinski definition) is 4. The van der Waals surface area contributed by atoms with Gasteiger partial charge < -0.3 is 9.47 Å². The Morgan fingerprint density at radius 1 is 1.22 bits per heavy atom. The van der Waals surface area contributed by atoms with Crippen LogP contribution in [-0.4, -0.2) is 39.4 Å². The summed E-state index contributed by atoms with van der Waals surface area (Å²) in [6.45, 7) is 4.58. The summed E-state index contributed by atoms with van der Waals surface area (Å²) in [5.41, 5.74) is 2.21. The molecule has 1 aliphatic heterocycles. The minimum absolute atomic E-state index is 0.0108. The van der Waals surface area contributed by atoms with Gasteiger partial charge in [0, 0.05) is 31.2 Å². The van der Waals surface area contributed by atoms with E-state index in [1.807, 2.05) is 18.7 Å². The summed E-state index contributed by atoms with van der Waals surface area (Å²) in [5, 5.41) is 0. The van der Waals surface area contributed by atoms with Crippen LogP contribution in [0.2, 0.25) is 0 Å². The Hall–Kier alpha value is -1.69. The lowest BCUT2D eigenvalue weighted by Gasteiger charge is -2.18. The van der Waals surface area contributed by atoms with E-state index in [9.17, 15) is 14.4 Å². The van der Waals surface area contributed by atoms with E-state index in [4.69, 9.17) is 0 Å². The molecule has 1 atom stereocenters. The summed E-state index contributed by atoms with van der Waals surface area (Å²) in [4.78, 5) is 40.5. The van der Waals surface area contributed by atoms with Crippen molar-refractivity contribution >= 4 is 33.3 Å². The van der Waals surface area contributed by atoms with Crippen molar-refractivity contribution in [2.45, 2.75) is 32.7 Å². The van der Waals surface area contributed by atoms with E-state index in [2.05, 4.69) is 15.9 Å². The number of allylic oxidation sites excluding steroid dienone is 2. The number of fused-ring (bicyclic) bond motifs is 1. The van der Waals surface area contributed by atoms with E-state index in [0.29, 0.717) is 32.7 Å². The molecular formula is C17H17BrN2O3. The fourth-order valence-electron chi connectivity index (χ4n) is 3.38. The molecule has 1 aromatic rings. The maximum absolute atomic E-state index is 13.1. The molecule has 2 aliphatic carbocycles. The Kier molecular flexibility index (Phi) is 3.01. The van der Waals surface area contributed by atoms with Gasteiger partial charge in [-0.05, 0) is 42.6 Å². The van der Waals surface area contributed by atoms with Crippen LogP contribution in [0.25, 0.3) is 0 Å². The number of halogens is 1. The van der Waals surface area contributed by atoms with Crippen molar-refractivity contribution in [3.8, 4) is 0 Å². The van der Waals surface area contributed by atoms with Gasteiger partial charge in [-0.25, -0.2) is 0 Å². The molecule has 1 unspecified atom stereocenters. The van der Waals surface area contributed by atoms with E-state index < -0.39 is 0 Å². The van der Waals surface area contributed by atoms with Gasteiger partial charge in [0.2, 0.25) is 11.6 Å². The third-order valence-electron chi connectivity index (χ3n) is 5.09. The number of rotatable bonds is 3. The van der Waals surface area contributed by atoms with Gasteiger partial charge in [-0.3, -0.25) is 14.4 Å². The summed E-state index contributed by atoms with van der Waals surface area (Å²) < 4.78 is 2.00. The molecule has 0 amide bonds. The summed E-state index contributed by atoms with van der Waals surface area (Å²) >= 11 is 3.31. The van der Waals surface area contributed by atoms with E-state index in [0.717, 1.165) is 19.4 Å². The Morgan fingerprint density at radius 2 is 1.83 bits per heavy atom. The molecule has 120 valence electrons. The van der Waals surface area contributed by atoms with Gasteiger partial charge in [0.1, 0.15) is 11.4 Å². The van der Waals surface area contributed by atoms with Crippen LogP contribution in [0, 0.1) is 12.8 Å². The minimum atomic E-state index is -0.214. The highest BCUT2D eigenvalue weighted by atomic mass is 79.9. The van der Waals surface area contributed by atoms with Crippen molar-refractivity contribution in [2.24, 2.45) is 13.0 Å². The lowest BCUT2D eigenvalue weighted by molar-refractivity contribution is 0.0941. The zero-order chi connectivity index (χ0) is 16.6. The predicted octanol–water partition coefficient (Wildman–Crippen LogP) is 2.62. The number of ketones is 3. The largest absolute Gasteiger partial charge is 0.361 e. The van der Waals surface area contributed by atoms with E-state index in [-0.39, 0.29) is 29.3 Å². The molecule has 5 nitrogen and oxygen atoms in total. The molecule has 1 saturated heterocycles. The molecule has 6 heteroatoms. The van der Waals surface area contributed by atoms with Crippen LogP contribution < -0.4 is 0 Å². The third-order valence-corrected chi connectivity index (χ3v) is 5.83. The van der Waals surface area contributed by atoms with Crippen LogP contribution in [-0.2, 0) is 7.05 Å². The van der Waals surface area contributed by atoms with Crippen LogP contribution in [0.1, 0.15) is 56.7 Å². The highest BCUT2D eigenvalue weighted by Crippen LogP contribution is 2.42. The van der Waals surface area contributed by atoms with Gasteiger partial charge in [-0.1, -0.05) is 0 Å². The minimum Gasteiger partial charge on any atom is -0.361 e. The SMILES string of the molecule is Cc1c(C(=O)C2CC2)c2c(n1C)C(=O)C(Br)=C(N1CC1C)C2=O. The second kappa shape index (κ2) is 4.66. The maximum Gasteiger partial charge on any atom is 0.219 e. The third kappa shape index (κ3) is 1.94. The lowest BCUT2D eigenvalue weighted by atomic mass is 9.92. The van der Waals surface area contributed by atoms with Gasteiger partial charge in [-0.2, -0.15) is 0 Å². The number of carbonyl (C=O) groups is 3. The van der Waals surface area contributed by atoms with Gasteiger partial charge in [0.25, 0.3) is 0 Å². The first-order valence-electron chi connectivity index (χ1n) is 7.83. The molecular weight excluding hydrogens is 360 g/mol. The monoisotopic (exact) mass is 376 g/mol. The topological polar surface area (TPSA) is 59.1 Å². The number of aromatic nitrogens is 1. The van der Waals surface area contributed by atoms with Gasteiger partial charge in [0.15, 0.2) is 5.78 Å². The normalized spacial score (nSPS) is 23.5. The Morgan fingerprint density at radius 3 is 2.35 bits per heavy atom. The first-order chi connectivity index (χ1) is 10.8. The number of nitrogens with zero attached hydrogens (tertiary/aromatic N) is 2. The molecule has 0 N–H and O–H groups in total. The van der Waals surface area contributed by atoms with Crippen LogP contribution in [0.15, 0.2) is 10.2 Å². The molecule has 0 aromatic carbocycles. The number of Topliss-reactive ketones (excluding diaryl/α,β-unsaturated/α-hetero) is 3. The molecule has 0 bridgehead atoms. The van der Waals surface area contributed by atoms with Crippen molar-refractivity contribution in [1.29, 1.82) is 0 Å². The maximum atomic E-state index is 13.1. The lowest BCUT2D eigenvalue weighted by Crippen LogP contribution is -2.26. The van der Waals surface area contributed by atoms with Crippen molar-refractivity contribution in [2.75, 3.05) is 6.54 Å². The van der Waals surface area contributed by atoms with Crippen molar-refractivity contribution in [1.82, 2.24) is 9.47 Å². The first-order valence-corrected chi connectivity index (χ1v) is 8.63. The van der Waals surface area contributed by atoms with Gasteiger partial charge in [-0.15, -0.1) is 0 Å². The standard InChI is InChI=1S/C17H17BrN2O3/c1-7-6-20(7)14-12(18)17(23)13-11(16(14)22)10(8(2)19(13)3)15(21)9-4-5-9/h7,9H,4-6H2,1-3H3. The Bertz CT molecular complexity index is 829. The molecule has 0 radical (unpaired) electrons. The first kappa shape index (κ1) is 14.9. The number of carbonyl (C=O) groups excluding carboxylic acids is 3. The van der Waals surface area contributed by atoms with Crippen LogP contribution in [0.3, 0.4) is 0 Å². The molecule has 0 spiro atoms. The molecule has 3 aliphatic rings. The molecule has 2 heterocycles. The zero-order valence-electron chi connectivity index (χ0n) is 13.3. The molecule has 2 fully saturated rings. The smallest absolute Gasteiger partial charge is 0.219 e. The Balaban J connectivity index is 1.93. The molecule has 23 heavy (non-hydrogen) atoms. The van der Waals surface area contributed by atoms with Crippen LogP contribution in [0.4, 0.5) is 0 Å². The molecule has 4 rings (SSSR count). The number of hydrogen-bond donors (Lipinski definition) is 0. The Labute approximate surface area is 142 Å². The highest BCUT2D eigenvalue weighted by Gasteiger charge is 2.46. The summed E-state index contributed by atoms with van der Waals surface area (Å²) in [7, 11) is 1.74. The second-order valence-electron chi connectivity index (χ2n) is 6.70. The van der Waals surface area contributed by atoms with Crippen LogP contribution >= 0.6 is 15.9 Å². The van der Waals surface area contributed by atoms with Gasteiger partial charge >= 0.3 is 0 Å². The highest BCUT2D eigenvalue weighted by molar-refractivity contribution is 9.12. The summed E-state index contributed by atoms with van der Waals surface area (Å²) in [6, 6.07) is 0.253. The average Bonchev–Trinajstić information content (AvgIpc) is 3.41. The van der Waals surface area contributed by atoms with E-state index >= 15 is 0 Å². The zero-order valence-corrected chi connectivity index (χ0v) is 14.9. The molecule has 1 saturated carbocycles. The van der Waals surface area contributed by atoms with Crippen LogP contribution in [0.5, 0.6) is 0 Å². The van der Waals surface area contributed by atoms with E-state index in [1.165, 1.54) is 0 Å². The van der Waals surface area contributed by atoms with Crippen molar-refractivity contribution in [3.63, 3.8) is 0 Å². The summed E-state index contributed by atoms with van der Waals surface area (Å²) in [5.74, 6) is -0.393. The molecule has 1 aromatic heterocycles. The van der Waals surface area contributed by atoms with Gasteiger partial charge in [0.05, 0.1) is 15.6 Å². The van der Waals surface area contributed by atoms with Crippen molar-refractivity contribution < 1.29 is 14.4 Å². The quantitative estimate of drug-likeness (QED) is 0.600. The predicted molar refractivity (Wildman–Crippen MR) is 88.0 cm³/mol.